The van der Waals surface area contributed by atoms with Crippen LogP contribution in [0.25, 0.3) is 0 Å². The fourth-order valence-electron chi connectivity index (χ4n) is 4.14. The number of hydrogen-bond acceptors (Lipinski definition) is 0. The Morgan fingerprint density at radius 2 is 1.86 bits per heavy atom. The Kier molecular flexibility index (Phi) is 2.10. The summed E-state index contributed by atoms with van der Waals surface area (Å²) < 4.78 is 0. The fraction of sp³-hybridized carbons (Fsp3) is 0.857. The van der Waals surface area contributed by atoms with Crippen molar-refractivity contribution in [2.24, 2.45) is 22.7 Å². The topological polar surface area (TPSA) is 0 Å². The van der Waals surface area contributed by atoms with E-state index in [0.29, 0.717) is 10.8 Å². The second-order valence-electron chi connectivity index (χ2n) is 6.12. The molecule has 0 aliphatic heterocycles. The van der Waals surface area contributed by atoms with Gasteiger partial charge in [-0.2, -0.15) is 0 Å². The molecule has 0 aromatic heterocycles. The van der Waals surface area contributed by atoms with Gasteiger partial charge < -0.3 is 0 Å². The Labute approximate surface area is 88.8 Å². The van der Waals surface area contributed by atoms with E-state index in [4.69, 9.17) is 0 Å². The van der Waals surface area contributed by atoms with Crippen molar-refractivity contribution < 1.29 is 0 Å². The smallest absolute Gasteiger partial charge is 0.00369 e. The van der Waals surface area contributed by atoms with E-state index in [-0.39, 0.29) is 0 Å². The molecule has 2 rings (SSSR count). The highest BCUT2D eigenvalue weighted by atomic mass is 14.6. The van der Waals surface area contributed by atoms with E-state index in [0.717, 1.165) is 11.8 Å². The summed E-state index contributed by atoms with van der Waals surface area (Å²) in [7, 11) is 0. The van der Waals surface area contributed by atoms with Gasteiger partial charge >= 0.3 is 0 Å². The molecular weight excluding hydrogens is 168 g/mol. The van der Waals surface area contributed by atoms with Crippen molar-refractivity contribution in [1.82, 2.24) is 0 Å². The molecule has 2 saturated carbocycles. The van der Waals surface area contributed by atoms with Crippen molar-refractivity contribution in [3.63, 3.8) is 0 Å². The third-order valence-corrected chi connectivity index (χ3v) is 5.77. The molecule has 2 fully saturated rings. The minimum absolute atomic E-state index is 0.477. The Hall–Kier alpha value is -0.260. The average molecular weight is 192 g/mol. The largest absolute Gasteiger partial charge is 0.0879 e. The van der Waals surface area contributed by atoms with Crippen LogP contribution in [-0.4, -0.2) is 0 Å². The molecule has 2 aliphatic rings. The predicted octanol–water partition coefficient (Wildman–Crippen LogP) is 4.42. The summed E-state index contributed by atoms with van der Waals surface area (Å²) in [6.07, 6.45) is 6.64. The first-order valence-corrected chi connectivity index (χ1v) is 6.10. The number of allylic oxidation sites excluding steroid dienone is 2. The van der Waals surface area contributed by atoms with Crippen LogP contribution in [0.15, 0.2) is 11.6 Å². The lowest BCUT2D eigenvalue weighted by atomic mass is 9.54. The van der Waals surface area contributed by atoms with E-state index in [9.17, 15) is 0 Å². The summed E-state index contributed by atoms with van der Waals surface area (Å²) in [5, 5.41) is 0. The molecule has 80 valence electrons. The van der Waals surface area contributed by atoms with Gasteiger partial charge in [0, 0.05) is 0 Å². The van der Waals surface area contributed by atoms with E-state index in [2.05, 4.69) is 40.7 Å². The molecule has 0 amide bonds. The summed E-state index contributed by atoms with van der Waals surface area (Å²) in [6, 6.07) is 0. The predicted molar refractivity (Wildman–Crippen MR) is 62.2 cm³/mol. The molecule has 0 N–H and O–H groups in total. The van der Waals surface area contributed by atoms with Crippen LogP contribution in [0.4, 0.5) is 0 Å². The van der Waals surface area contributed by atoms with Gasteiger partial charge in [0.2, 0.25) is 0 Å². The molecule has 0 radical (unpaired) electrons. The molecule has 2 bridgehead atoms. The van der Waals surface area contributed by atoms with Crippen molar-refractivity contribution in [3.8, 4) is 0 Å². The minimum atomic E-state index is 0.477. The van der Waals surface area contributed by atoms with Gasteiger partial charge in [0.1, 0.15) is 0 Å². The monoisotopic (exact) mass is 192 g/mol. The van der Waals surface area contributed by atoms with Crippen molar-refractivity contribution >= 4 is 0 Å². The highest BCUT2D eigenvalue weighted by Crippen LogP contribution is 2.67. The van der Waals surface area contributed by atoms with Gasteiger partial charge in [0.25, 0.3) is 0 Å². The molecule has 0 saturated heterocycles. The van der Waals surface area contributed by atoms with Gasteiger partial charge in [0.05, 0.1) is 0 Å². The molecular formula is C14H24. The number of fused-ring (bicyclic) bond motifs is 2. The molecule has 0 unspecified atom stereocenters. The Morgan fingerprint density at radius 1 is 1.21 bits per heavy atom. The van der Waals surface area contributed by atoms with Crippen LogP contribution < -0.4 is 0 Å². The lowest BCUT2D eigenvalue weighted by molar-refractivity contribution is 0.00821. The minimum Gasteiger partial charge on any atom is -0.0879 e. The van der Waals surface area contributed by atoms with Crippen LogP contribution in [0.2, 0.25) is 0 Å². The van der Waals surface area contributed by atoms with Crippen molar-refractivity contribution in [3.05, 3.63) is 11.6 Å². The maximum Gasteiger partial charge on any atom is -0.00369 e. The second-order valence-corrected chi connectivity index (χ2v) is 6.12. The standard InChI is InChI=1S/C14H24/c1-6-11-9-12-8-7-10(2)14(11,5)13(12,3)4/h6,10,12H,7-9H2,1-5H3/b11-6+/t10-,12-,14+/m0/s1. The third-order valence-electron chi connectivity index (χ3n) is 5.77. The van der Waals surface area contributed by atoms with Crippen molar-refractivity contribution in [2.45, 2.75) is 53.9 Å². The van der Waals surface area contributed by atoms with E-state index >= 15 is 0 Å². The number of rotatable bonds is 0. The average Bonchev–Trinajstić information content (AvgIpc) is 2.26. The van der Waals surface area contributed by atoms with Gasteiger partial charge in [0.15, 0.2) is 0 Å². The Morgan fingerprint density at radius 3 is 2.43 bits per heavy atom. The Bertz CT molecular complexity index is 272. The summed E-state index contributed by atoms with van der Waals surface area (Å²) in [5.41, 5.74) is 2.73. The van der Waals surface area contributed by atoms with Crippen LogP contribution in [0, 0.1) is 22.7 Å². The summed E-state index contributed by atoms with van der Waals surface area (Å²) in [4.78, 5) is 0. The maximum atomic E-state index is 2.51. The lowest BCUT2D eigenvalue weighted by Gasteiger charge is -2.50. The van der Waals surface area contributed by atoms with Crippen LogP contribution in [0.3, 0.4) is 0 Å². The van der Waals surface area contributed by atoms with Crippen LogP contribution in [0.1, 0.15) is 53.9 Å². The first-order chi connectivity index (χ1) is 6.44. The molecule has 0 aromatic rings. The van der Waals surface area contributed by atoms with Crippen molar-refractivity contribution in [2.75, 3.05) is 0 Å². The maximum absolute atomic E-state index is 2.51. The Balaban J connectivity index is 2.52. The molecule has 0 heterocycles. The van der Waals surface area contributed by atoms with Gasteiger partial charge in [-0.15, -0.1) is 0 Å². The van der Waals surface area contributed by atoms with Crippen LogP contribution in [-0.2, 0) is 0 Å². The molecule has 0 spiro atoms. The normalized spacial score (nSPS) is 48.5. The fourth-order valence-corrected chi connectivity index (χ4v) is 4.14. The lowest BCUT2D eigenvalue weighted by Crippen LogP contribution is -2.43. The van der Waals surface area contributed by atoms with Crippen LogP contribution in [0.5, 0.6) is 0 Å². The zero-order valence-electron chi connectivity index (χ0n) is 10.4. The molecule has 3 atom stereocenters. The highest BCUT2D eigenvalue weighted by molar-refractivity contribution is 5.28. The van der Waals surface area contributed by atoms with E-state index in [1.54, 1.807) is 5.57 Å². The molecule has 0 aromatic carbocycles. The van der Waals surface area contributed by atoms with Crippen molar-refractivity contribution in [1.29, 1.82) is 0 Å². The first kappa shape index (κ1) is 10.3. The third kappa shape index (κ3) is 0.951. The summed E-state index contributed by atoms with van der Waals surface area (Å²) in [5.74, 6) is 1.80. The van der Waals surface area contributed by atoms with E-state index in [1.165, 1.54) is 19.3 Å². The van der Waals surface area contributed by atoms with Crippen LogP contribution >= 0.6 is 0 Å². The molecule has 0 heteroatoms. The molecule has 0 nitrogen and oxygen atoms in total. The molecule has 14 heavy (non-hydrogen) atoms. The first-order valence-electron chi connectivity index (χ1n) is 6.10. The molecule has 2 aliphatic carbocycles. The summed E-state index contributed by atoms with van der Waals surface area (Å²) >= 11 is 0. The number of hydrogen-bond donors (Lipinski definition) is 0. The zero-order valence-corrected chi connectivity index (χ0v) is 10.4. The highest BCUT2D eigenvalue weighted by Gasteiger charge is 2.58. The summed E-state index contributed by atoms with van der Waals surface area (Å²) in [6.45, 7) is 12.2. The van der Waals surface area contributed by atoms with Gasteiger partial charge in [-0.25, -0.2) is 0 Å². The van der Waals surface area contributed by atoms with E-state index < -0.39 is 0 Å². The second kappa shape index (κ2) is 2.87. The van der Waals surface area contributed by atoms with Gasteiger partial charge in [-0.1, -0.05) is 39.3 Å². The van der Waals surface area contributed by atoms with Gasteiger partial charge in [-0.05, 0) is 48.9 Å². The SMILES string of the molecule is C/C=C1\C[C@@H]2CC[C@H](C)[C@@]1(C)C2(C)C. The van der Waals surface area contributed by atoms with E-state index in [1.807, 2.05) is 0 Å². The quantitative estimate of drug-likeness (QED) is 0.499. The zero-order chi connectivity index (χ0) is 10.6. The van der Waals surface area contributed by atoms with Gasteiger partial charge in [-0.3, -0.25) is 0 Å².